The molecule has 2 rings (SSSR count). The zero-order valence-corrected chi connectivity index (χ0v) is 11.0. The summed E-state index contributed by atoms with van der Waals surface area (Å²) in [6.45, 7) is 1.63. The smallest absolute Gasteiger partial charge is 0.244 e. The Labute approximate surface area is 104 Å². The average molecular weight is 268 g/mol. The highest BCUT2D eigenvalue weighted by molar-refractivity contribution is 7.90. The van der Waals surface area contributed by atoms with Crippen molar-refractivity contribution in [1.29, 1.82) is 0 Å². The van der Waals surface area contributed by atoms with Crippen LogP contribution in [0.1, 0.15) is 5.56 Å². The standard InChI is InChI=1S/C10H12N4O3S/c1-7-8(14-10(15)13(2)11-12-14)5-4-6-9(7)18(3,16)17/h4-6H,1-3H3. The third-order valence-corrected chi connectivity index (χ3v) is 3.85. The molecule has 0 unspecified atom stereocenters. The normalized spacial score (nSPS) is 11.7. The molecule has 7 nitrogen and oxygen atoms in total. The van der Waals surface area contributed by atoms with Crippen LogP contribution in [0.3, 0.4) is 0 Å². The molecule has 1 aromatic heterocycles. The predicted octanol–water partition coefficient (Wildman–Crippen LogP) is -0.322. The lowest BCUT2D eigenvalue weighted by Crippen LogP contribution is -2.22. The topological polar surface area (TPSA) is 86.8 Å². The van der Waals surface area contributed by atoms with E-state index in [-0.39, 0.29) is 4.90 Å². The number of rotatable bonds is 2. The van der Waals surface area contributed by atoms with Crippen LogP contribution in [0.25, 0.3) is 5.69 Å². The van der Waals surface area contributed by atoms with Gasteiger partial charge >= 0.3 is 5.69 Å². The molecule has 0 bridgehead atoms. The van der Waals surface area contributed by atoms with Crippen LogP contribution in [0, 0.1) is 6.92 Å². The highest BCUT2D eigenvalue weighted by Crippen LogP contribution is 2.20. The molecule has 0 saturated heterocycles. The van der Waals surface area contributed by atoms with Gasteiger partial charge in [-0.3, -0.25) is 0 Å². The van der Waals surface area contributed by atoms with Crippen molar-refractivity contribution in [3.8, 4) is 5.69 Å². The Balaban J connectivity index is 2.75. The van der Waals surface area contributed by atoms with E-state index >= 15 is 0 Å². The molecular formula is C10H12N4O3S. The van der Waals surface area contributed by atoms with Crippen molar-refractivity contribution < 1.29 is 8.42 Å². The summed E-state index contributed by atoms with van der Waals surface area (Å²) in [6.07, 6.45) is 1.12. The Kier molecular flexibility index (Phi) is 2.81. The molecule has 0 aliphatic heterocycles. The molecule has 0 aliphatic rings. The lowest BCUT2D eigenvalue weighted by molar-refractivity contribution is 0.601. The molecule has 0 amide bonds. The molecule has 0 fully saturated rings. The molecule has 0 aliphatic carbocycles. The molecule has 8 heteroatoms. The van der Waals surface area contributed by atoms with Gasteiger partial charge in [0.2, 0.25) is 0 Å². The fraction of sp³-hybridized carbons (Fsp3) is 0.300. The van der Waals surface area contributed by atoms with E-state index < -0.39 is 15.5 Å². The molecule has 96 valence electrons. The largest absolute Gasteiger partial charge is 0.368 e. The minimum Gasteiger partial charge on any atom is -0.244 e. The van der Waals surface area contributed by atoms with Crippen LogP contribution in [0.4, 0.5) is 0 Å². The Morgan fingerprint density at radius 3 is 2.39 bits per heavy atom. The van der Waals surface area contributed by atoms with E-state index in [4.69, 9.17) is 0 Å². The summed E-state index contributed by atoms with van der Waals surface area (Å²) in [4.78, 5) is 11.9. The number of hydrogen-bond donors (Lipinski definition) is 0. The second-order valence-electron chi connectivity index (χ2n) is 3.97. The number of benzene rings is 1. The van der Waals surface area contributed by atoms with E-state index in [0.717, 1.165) is 15.6 Å². The van der Waals surface area contributed by atoms with Crippen LogP contribution < -0.4 is 5.69 Å². The number of hydrogen-bond acceptors (Lipinski definition) is 5. The van der Waals surface area contributed by atoms with E-state index in [9.17, 15) is 13.2 Å². The molecular weight excluding hydrogens is 256 g/mol. The van der Waals surface area contributed by atoms with Gasteiger partial charge in [0.05, 0.1) is 10.6 Å². The van der Waals surface area contributed by atoms with Crippen molar-refractivity contribution in [2.45, 2.75) is 11.8 Å². The summed E-state index contributed by atoms with van der Waals surface area (Å²) in [5.74, 6) is 0. The zero-order chi connectivity index (χ0) is 13.5. The number of aromatic nitrogens is 4. The summed E-state index contributed by atoms with van der Waals surface area (Å²) < 4.78 is 25.3. The number of nitrogens with zero attached hydrogens (tertiary/aromatic N) is 4. The highest BCUT2D eigenvalue weighted by atomic mass is 32.2. The van der Waals surface area contributed by atoms with Gasteiger partial charge in [0.25, 0.3) is 0 Å². The third kappa shape index (κ3) is 1.94. The summed E-state index contributed by atoms with van der Waals surface area (Å²) in [5, 5.41) is 7.29. The van der Waals surface area contributed by atoms with Crippen molar-refractivity contribution in [3.63, 3.8) is 0 Å². The number of tetrazole rings is 1. The van der Waals surface area contributed by atoms with Gasteiger partial charge in [0.1, 0.15) is 0 Å². The second-order valence-corrected chi connectivity index (χ2v) is 5.95. The fourth-order valence-corrected chi connectivity index (χ4v) is 2.69. The van der Waals surface area contributed by atoms with Crippen molar-refractivity contribution in [3.05, 3.63) is 34.2 Å². The monoisotopic (exact) mass is 268 g/mol. The predicted molar refractivity (Wildman–Crippen MR) is 64.4 cm³/mol. The van der Waals surface area contributed by atoms with Gasteiger partial charge in [-0.05, 0) is 35.0 Å². The Hall–Kier alpha value is -1.96. The second kappa shape index (κ2) is 4.05. The average Bonchev–Trinajstić information content (AvgIpc) is 2.59. The molecule has 18 heavy (non-hydrogen) atoms. The first-order valence-electron chi connectivity index (χ1n) is 5.11. The van der Waals surface area contributed by atoms with Crippen molar-refractivity contribution in [2.24, 2.45) is 7.05 Å². The van der Waals surface area contributed by atoms with Crippen molar-refractivity contribution >= 4 is 9.84 Å². The quantitative estimate of drug-likeness (QED) is 0.745. The SMILES string of the molecule is Cc1c(-n2nnn(C)c2=O)cccc1S(C)(=O)=O. The van der Waals surface area contributed by atoms with Gasteiger partial charge in [-0.1, -0.05) is 6.07 Å². The molecule has 0 radical (unpaired) electrons. The van der Waals surface area contributed by atoms with Gasteiger partial charge in [-0.2, -0.15) is 9.36 Å². The first-order valence-corrected chi connectivity index (χ1v) is 7.00. The lowest BCUT2D eigenvalue weighted by Gasteiger charge is -2.08. The van der Waals surface area contributed by atoms with Crippen LogP contribution in [0.15, 0.2) is 27.9 Å². The molecule has 1 aromatic carbocycles. The molecule has 0 spiro atoms. The van der Waals surface area contributed by atoms with Gasteiger partial charge in [-0.15, -0.1) is 0 Å². The van der Waals surface area contributed by atoms with E-state index in [2.05, 4.69) is 10.4 Å². The first kappa shape index (κ1) is 12.5. The molecule has 0 N–H and O–H groups in total. The molecule has 0 saturated carbocycles. The van der Waals surface area contributed by atoms with Crippen LogP contribution in [0.5, 0.6) is 0 Å². The fourth-order valence-electron chi connectivity index (χ4n) is 1.70. The van der Waals surface area contributed by atoms with E-state index in [0.29, 0.717) is 11.3 Å². The molecule has 0 atom stereocenters. The van der Waals surface area contributed by atoms with Gasteiger partial charge in [0, 0.05) is 13.3 Å². The van der Waals surface area contributed by atoms with E-state index in [1.807, 2.05) is 0 Å². The molecule has 1 heterocycles. The maximum atomic E-state index is 11.7. The third-order valence-electron chi connectivity index (χ3n) is 2.60. The number of sulfone groups is 1. The van der Waals surface area contributed by atoms with Gasteiger partial charge in [0.15, 0.2) is 9.84 Å². The van der Waals surface area contributed by atoms with Gasteiger partial charge < -0.3 is 0 Å². The van der Waals surface area contributed by atoms with E-state index in [1.54, 1.807) is 19.1 Å². The maximum absolute atomic E-state index is 11.7. The summed E-state index contributed by atoms with van der Waals surface area (Å²) in [6, 6.07) is 4.69. The van der Waals surface area contributed by atoms with Crippen molar-refractivity contribution in [2.75, 3.05) is 6.26 Å². The van der Waals surface area contributed by atoms with E-state index in [1.165, 1.54) is 13.1 Å². The Morgan fingerprint density at radius 1 is 1.22 bits per heavy atom. The molecule has 2 aromatic rings. The maximum Gasteiger partial charge on any atom is 0.368 e. The first-order chi connectivity index (χ1) is 8.32. The van der Waals surface area contributed by atoms with Crippen LogP contribution in [-0.4, -0.2) is 34.5 Å². The summed E-state index contributed by atoms with van der Waals surface area (Å²) in [5.41, 5.74) is 0.461. The highest BCUT2D eigenvalue weighted by Gasteiger charge is 2.16. The number of aryl methyl sites for hydroxylation is 1. The summed E-state index contributed by atoms with van der Waals surface area (Å²) >= 11 is 0. The van der Waals surface area contributed by atoms with Crippen LogP contribution in [0.2, 0.25) is 0 Å². The van der Waals surface area contributed by atoms with Gasteiger partial charge in [-0.25, -0.2) is 13.2 Å². The Bertz CT molecular complexity index is 758. The Morgan fingerprint density at radius 2 is 1.89 bits per heavy atom. The van der Waals surface area contributed by atoms with Crippen LogP contribution in [-0.2, 0) is 16.9 Å². The van der Waals surface area contributed by atoms with Crippen molar-refractivity contribution in [1.82, 2.24) is 19.8 Å². The zero-order valence-electron chi connectivity index (χ0n) is 10.2. The summed E-state index contributed by atoms with van der Waals surface area (Å²) in [7, 11) is -1.87. The minimum atomic E-state index is -3.34. The minimum absolute atomic E-state index is 0.178. The lowest BCUT2D eigenvalue weighted by atomic mass is 10.2. The van der Waals surface area contributed by atoms with Crippen LogP contribution >= 0.6 is 0 Å².